The highest BCUT2D eigenvalue weighted by Crippen LogP contribution is 2.32. The van der Waals surface area contributed by atoms with Crippen LogP contribution in [0.5, 0.6) is 0 Å². The van der Waals surface area contributed by atoms with Crippen molar-refractivity contribution in [2.45, 2.75) is 11.8 Å². The zero-order chi connectivity index (χ0) is 18.2. The Morgan fingerprint density at radius 1 is 1.08 bits per heavy atom. The molecule has 0 aliphatic carbocycles. The lowest BCUT2D eigenvalue weighted by atomic mass is 10.2. The fraction of sp³-hybridized carbons (Fsp3) is 0.312. The van der Waals surface area contributed by atoms with Gasteiger partial charge in [0.05, 0.1) is 21.9 Å². The van der Waals surface area contributed by atoms with E-state index in [1.54, 1.807) is 24.0 Å². The van der Waals surface area contributed by atoms with E-state index in [1.165, 1.54) is 22.7 Å². The van der Waals surface area contributed by atoms with Gasteiger partial charge in [-0.3, -0.25) is 4.79 Å². The summed E-state index contributed by atoms with van der Waals surface area (Å²) in [6.45, 7) is 2.63. The lowest BCUT2D eigenvalue weighted by Gasteiger charge is -2.34. The highest BCUT2D eigenvalue weighted by Gasteiger charge is 2.33. The average molecular weight is 403 g/mol. The maximum absolute atomic E-state index is 12.8. The second-order valence-corrected chi connectivity index (χ2v) is 8.33. The number of sulfonamides is 1. The third kappa shape index (κ3) is 3.42. The van der Waals surface area contributed by atoms with Crippen LogP contribution in [0.3, 0.4) is 0 Å². The van der Waals surface area contributed by atoms with E-state index >= 15 is 0 Å². The van der Waals surface area contributed by atoms with Gasteiger partial charge in [0.2, 0.25) is 10.0 Å². The minimum absolute atomic E-state index is 0.0834. The van der Waals surface area contributed by atoms with E-state index in [2.05, 4.69) is 0 Å². The molecule has 134 valence electrons. The maximum Gasteiger partial charge on any atom is 0.257 e. The van der Waals surface area contributed by atoms with Crippen molar-refractivity contribution in [2.24, 2.45) is 0 Å². The van der Waals surface area contributed by atoms with Crippen molar-refractivity contribution in [1.82, 2.24) is 9.21 Å². The number of hydrogen-bond donors (Lipinski definition) is 0. The van der Waals surface area contributed by atoms with Gasteiger partial charge in [0, 0.05) is 26.2 Å². The highest BCUT2D eigenvalue weighted by atomic mass is 35.5. The van der Waals surface area contributed by atoms with E-state index in [9.17, 15) is 13.2 Å². The Morgan fingerprint density at radius 2 is 1.68 bits per heavy atom. The third-order valence-electron chi connectivity index (χ3n) is 4.13. The van der Waals surface area contributed by atoms with E-state index < -0.39 is 10.0 Å². The van der Waals surface area contributed by atoms with E-state index in [0.717, 1.165) is 0 Å². The van der Waals surface area contributed by atoms with Crippen molar-refractivity contribution >= 4 is 39.1 Å². The second kappa shape index (κ2) is 6.99. The number of halogens is 2. The first-order chi connectivity index (χ1) is 11.8. The van der Waals surface area contributed by atoms with Crippen LogP contribution in [-0.2, 0) is 10.0 Å². The molecule has 1 aromatic heterocycles. The first-order valence-electron chi connectivity index (χ1n) is 7.60. The second-order valence-electron chi connectivity index (χ2n) is 5.64. The lowest BCUT2D eigenvalue weighted by Crippen LogP contribution is -2.50. The molecule has 1 saturated heterocycles. The molecule has 0 spiro atoms. The van der Waals surface area contributed by atoms with E-state index in [-0.39, 0.29) is 47.0 Å². The molecule has 2 heterocycles. The Balaban J connectivity index is 1.76. The summed E-state index contributed by atoms with van der Waals surface area (Å²) in [5.41, 5.74) is 0.491. The molecule has 6 nitrogen and oxygen atoms in total. The van der Waals surface area contributed by atoms with Gasteiger partial charge in [0.15, 0.2) is 0 Å². The van der Waals surface area contributed by atoms with Gasteiger partial charge in [0.25, 0.3) is 5.91 Å². The number of carbonyl (C=O) groups excluding carboxylic acids is 1. The summed E-state index contributed by atoms with van der Waals surface area (Å²) in [5.74, 6) is 0.377. The summed E-state index contributed by atoms with van der Waals surface area (Å²) in [6.07, 6.45) is 1.46. The summed E-state index contributed by atoms with van der Waals surface area (Å²) < 4.78 is 32.1. The summed E-state index contributed by atoms with van der Waals surface area (Å²) in [7, 11) is -3.82. The number of benzene rings is 1. The molecule has 0 radical (unpaired) electrons. The Bertz CT molecular complexity index is 882. The van der Waals surface area contributed by atoms with E-state index in [4.69, 9.17) is 27.6 Å². The molecule has 2 aromatic rings. The van der Waals surface area contributed by atoms with Gasteiger partial charge in [-0.05, 0) is 25.1 Å². The Labute approximate surface area is 156 Å². The van der Waals surface area contributed by atoms with E-state index in [1.807, 2.05) is 0 Å². The molecule has 1 aliphatic heterocycles. The predicted octanol–water partition coefficient (Wildman–Crippen LogP) is 3.04. The molecule has 9 heteroatoms. The minimum Gasteiger partial charge on any atom is -0.469 e. The van der Waals surface area contributed by atoms with Crippen LogP contribution in [0.25, 0.3) is 0 Å². The standard InChI is InChI=1S/C16H16Cl2N2O4S/c1-11-12(5-10-24-11)16(21)19-6-8-20(9-7-19)25(22,23)15-13(17)3-2-4-14(15)18/h2-5,10H,6-9H2,1H3. The summed E-state index contributed by atoms with van der Waals surface area (Å²) >= 11 is 12.1. The van der Waals surface area contributed by atoms with Gasteiger partial charge in [-0.15, -0.1) is 0 Å². The Hall–Kier alpha value is -1.54. The van der Waals surface area contributed by atoms with Crippen LogP contribution >= 0.6 is 23.2 Å². The van der Waals surface area contributed by atoms with Crippen molar-refractivity contribution in [2.75, 3.05) is 26.2 Å². The number of furan rings is 1. The molecule has 1 amide bonds. The number of nitrogens with zero attached hydrogens (tertiary/aromatic N) is 2. The van der Waals surface area contributed by atoms with Crippen molar-refractivity contribution in [3.63, 3.8) is 0 Å². The van der Waals surface area contributed by atoms with Crippen molar-refractivity contribution in [3.8, 4) is 0 Å². The molecular weight excluding hydrogens is 387 g/mol. The van der Waals surface area contributed by atoms with Crippen LogP contribution in [0, 0.1) is 6.92 Å². The van der Waals surface area contributed by atoms with Crippen LogP contribution in [0.15, 0.2) is 39.8 Å². The Morgan fingerprint density at radius 3 is 2.20 bits per heavy atom. The number of piperazine rings is 1. The molecule has 0 atom stereocenters. The molecular formula is C16H16Cl2N2O4S. The van der Waals surface area contributed by atoms with Crippen LogP contribution < -0.4 is 0 Å². The average Bonchev–Trinajstić information content (AvgIpc) is 3.00. The van der Waals surface area contributed by atoms with Gasteiger partial charge in [-0.25, -0.2) is 8.42 Å². The topological polar surface area (TPSA) is 70.8 Å². The summed E-state index contributed by atoms with van der Waals surface area (Å²) in [4.78, 5) is 14.0. The lowest BCUT2D eigenvalue weighted by molar-refractivity contribution is 0.0696. The van der Waals surface area contributed by atoms with Gasteiger partial charge in [0.1, 0.15) is 10.7 Å². The van der Waals surface area contributed by atoms with Gasteiger partial charge in [-0.2, -0.15) is 4.31 Å². The van der Waals surface area contributed by atoms with Crippen molar-refractivity contribution < 1.29 is 17.6 Å². The number of rotatable bonds is 3. The maximum atomic E-state index is 12.8. The van der Waals surface area contributed by atoms with Crippen LogP contribution in [0.2, 0.25) is 10.0 Å². The molecule has 0 saturated carbocycles. The van der Waals surface area contributed by atoms with Gasteiger partial charge >= 0.3 is 0 Å². The zero-order valence-electron chi connectivity index (χ0n) is 13.4. The SMILES string of the molecule is Cc1occc1C(=O)N1CCN(S(=O)(=O)c2c(Cl)cccc2Cl)CC1. The predicted molar refractivity (Wildman–Crippen MR) is 94.6 cm³/mol. The minimum atomic E-state index is -3.82. The number of hydrogen-bond acceptors (Lipinski definition) is 4. The molecule has 1 fully saturated rings. The van der Waals surface area contributed by atoms with Gasteiger partial charge in [-0.1, -0.05) is 29.3 Å². The molecule has 0 bridgehead atoms. The highest BCUT2D eigenvalue weighted by molar-refractivity contribution is 7.89. The van der Waals surface area contributed by atoms with Crippen LogP contribution in [0.4, 0.5) is 0 Å². The third-order valence-corrected chi connectivity index (χ3v) is 6.99. The summed E-state index contributed by atoms with van der Waals surface area (Å²) in [5, 5.41) is 0.167. The Kier molecular flexibility index (Phi) is 5.11. The smallest absolute Gasteiger partial charge is 0.257 e. The normalized spacial score (nSPS) is 16.2. The van der Waals surface area contributed by atoms with Crippen LogP contribution in [0.1, 0.15) is 16.1 Å². The number of aryl methyl sites for hydroxylation is 1. The monoisotopic (exact) mass is 402 g/mol. The summed E-state index contributed by atoms with van der Waals surface area (Å²) in [6, 6.07) is 6.18. The first kappa shape index (κ1) is 18.3. The van der Waals surface area contributed by atoms with E-state index in [0.29, 0.717) is 11.3 Å². The van der Waals surface area contributed by atoms with Crippen molar-refractivity contribution in [1.29, 1.82) is 0 Å². The van der Waals surface area contributed by atoms with Crippen molar-refractivity contribution in [3.05, 3.63) is 51.9 Å². The van der Waals surface area contributed by atoms with Gasteiger partial charge < -0.3 is 9.32 Å². The molecule has 25 heavy (non-hydrogen) atoms. The molecule has 1 aliphatic rings. The number of amides is 1. The molecule has 1 aromatic carbocycles. The molecule has 3 rings (SSSR count). The fourth-order valence-corrected chi connectivity index (χ4v) is 5.28. The molecule has 0 N–H and O–H groups in total. The number of carbonyl (C=O) groups is 1. The quantitative estimate of drug-likeness (QED) is 0.790. The van der Waals surface area contributed by atoms with Crippen LogP contribution in [-0.4, -0.2) is 49.7 Å². The first-order valence-corrected chi connectivity index (χ1v) is 9.79. The molecule has 0 unspecified atom stereocenters. The largest absolute Gasteiger partial charge is 0.469 e. The zero-order valence-corrected chi connectivity index (χ0v) is 15.7. The fourth-order valence-electron chi connectivity index (χ4n) is 2.77.